The summed E-state index contributed by atoms with van der Waals surface area (Å²) in [7, 11) is 1.62. The predicted molar refractivity (Wildman–Crippen MR) is 95.9 cm³/mol. The Morgan fingerprint density at radius 2 is 1.84 bits per heavy atom. The molecular weight excluding hydrogens is 318 g/mol. The smallest absolute Gasteiger partial charge is 0.338 e. The van der Waals surface area contributed by atoms with E-state index in [9.17, 15) is 9.59 Å². The zero-order chi connectivity index (χ0) is 18.2. The molecule has 0 saturated heterocycles. The van der Waals surface area contributed by atoms with Gasteiger partial charge in [-0.15, -0.1) is 0 Å². The maximum absolute atomic E-state index is 12.1. The van der Waals surface area contributed by atoms with Crippen LogP contribution < -0.4 is 10.1 Å². The van der Waals surface area contributed by atoms with E-state index in [-0.39, 0.29) is 12.5 Å². The standard InChI is InChI=1S/C20H23NO4/c1-14-8-9-15(2)17(12-14)20(23)25-13-19(22)21-11-10-16-6-4-5-7-18(16)24-3/h4-9,12H,10-11,13H2,1-3H3,(H,21,22). The van der Waals surface area contributed by atoms with Crippen molar-refractivity contribution in [2.24, 2.45) is 0 Å². The van der Waals surface area contributed by atoms with E-state index >= 15 is 0 Å². The van der Waals surface area contributed by atoms with Crippen LogP contribution in [0.3, 0.4) is 0 Å². The molecule has 0 bridgehead atoms. The molecule has 1 amide bonds. The van der Waals surface area contributed by atoms with Gasteiger partial charge in [0.05, 0.1) is 12.7 Å². The average Bonchev–Trinajstić information content (AvgIpc) is 2.62. The summed E-state index contributed by atoms with van der Waals surface area (Å²) in [6, 6.07) is 13.2. The number of aryl methyl sites for hydroxylation is 2. The summed E-state index contributed by atoms with van der Waals surface area (Å²) in [5.74, 6) is -0.0206. The van der Waals surface area contributed by atoms with Crippen LogP contribution in [0.15, 0.2) is 42.5 Å². The third-order valence-corrected chi connectivity index (χ3v) is 3.86. The summed E-state index contributed by atoms with van der Waals surface area (Å²) in [6.45, 7) is 3.89. The van der Waals surface area contributed by atoms with E-state index in [2.05, 4.69) is 5.32 Å². The van der Waals surface area contributed by atoms with Gasteiger partial charge in [0.2, 0.25) is 0 Å². The average molecular weight is 341 g/mol. The van der Waals surface area contributed by atoms with Gasteiger partial charge in [-0.3, -0.25) is 4.79 Å². The maximum atomic E-state index is 12.1. The van der Waals surface area contributed by atoms with Crippen LogP contribution in [0, 0.1) is 13.8 Å². The fourth-order valence-corrected chi connectivity index (χ4v) is 2.46. The largest absolute Gasteiger partial charge is 0.496 e. The molecule has 0 radical (unpaired) electrons. The summed E-state index contributed by atoms with van der Waals surface area (Å²) in [5, 5.41) is 2.74. The predicted octanol–water partition coefficient (Wildman–Crippen LogP) is 2.83. The Bertz CT molecular complexity index is 755. The number of rotatable bonds is 7. The molecule has 0 unspecified atom stereocenters. The van der Waals surface area contributed by atoms with E-state index in [1.807, 2.05) is 50.2 Å². The lowest BCUT2D eigenvalue weighted by atomic mass is 10.1. The number of amides is 1. The van der Waals surface area contributed by atoms with Gasteiger partial charge in [-0.2, -0.15) is 0 Å². The van der Waals surface area contributed by atoms with Crippen molar-refractivity contribution in [3.05, 3.63) is 64.7 Å². The molecule has 5 nitrogen and oxygen atoms in total. The van der Waals surface area contributed by atoms with Gasteiger partial charge in [0.15, 0.2) is 6.61 Å². The van der Waals surface area contributed by atoms with Gasteiger partial charge in [0.25, 0.3) is 5.91 Å². The number of esters is 1. The van der Waals surface area contributed by atoms with E-state index < -0.39 is 5.97 Å². The van der Waals surface area contributed by atoms with Crippen LogP contribution in [0.2, 0.25) is 0 Å². The van der Waals surface area contributed by atoms with Crippen LogP contribution in [0.5, 0.6) is 5.75 Å². The normalized spacial score (nSPS) is 10.2. The third-order valence-electron chi connectivity index (χ3n) is 3.86. The number of hydrogen-bond acceptors (Lipinski definition) is 4. The second-order valence-electron chi connectivity index (χ2n) is 5.81. The third kappa shape index (κ3) is 5.35. The monoisotopic (exact) mass is 341 g/mol. The minimum atomic E-state index is -0.485. The fourth-order valence-electron chi connectivity index (χ4n) is 2.46. The van der Waals surface area contributed by atoms with Crippen LogP contribution in [0.1, 0.15) is 27.0 Å². The first-order valence-electron chi connectivity index (χ1n) is 8.14. The van der Waals surface area contributed by atoms with Gasteiger partial charge in [-0.25, -0.2) is 4.79 Å². The Labute approximate surface area is 148 Å². The highest BCUT2D eigenvalue weighted by Crippen LogP contribution is 2.17. The second kappa shape index (κ2) is 8.87. The van der Waals surface area contributed by atoms with E-state index in [1.54, 1.807) is 13.2 Å². The number of hydrogen-bond donors (Lipinski definition) is 1. The second-order valence-corrected chi connectivity index (χ2v) is 5.81. The molecule has 132 valence electrons. The van der Waals surface area contributed by atoms with Crippen molar-refractivity contribution in [2.45, 2.75) is 20.3 Å². The minimum absolute atomic E-state index is 0.294. The van der Waals surface area contributed by atoms with Crippen LogP contribution in [-0.4, -0.2) is 32.1 Å². The topological polar surface area (TPSA) is 64.6 Å². The quantitative estimate of drug-likeness (QED) is 0.787. The van der Waals surface area contributed by atoms with Crippen LogP contribution in [0.4, 0.5) is 0 Å². The van der Waals surface area contributed by atoms with Gasteiger partial charge >= 0.3 is 5.97 Å². The number of para-hydroxylation sites is 1. The molecule has 0 heterocycles. The Balaban J connectivity index is 1.79. The molecule has 2 aromatic carbocycles. The first-order valence-corrected chi connectivity index (χ1v) is 8.14. The first kappa shape index (κ1) is 18.5. The summed E-state index contributed by atoms with van der Waals surface area (Å²) in [5.41, 5.74) is 3.30. The van der Waals surface area contributed by atoms with E-state index in [4.69, 9.17) is 9.47 Å². The molecular formula is C20H23NO4. The highest BCUT2D eigenvalue weighted by atomic mass is 16.5. The molecule has 0 spiro atoms. The molecule has 0 atom stereocenters. The first-order chi connectivity index (χ1) is 12.0. The summed E-state index contributed by atoms with van der Waals surface area (Å²) < 4.78 is 10.4. The summed E-state index contributed by atoms with van der Waals surface area (Å²) >= 11 is 0. The molecule has 0 fully saturated rings. The molecule has 0 saturated carbocycles. The number of nitrogens with one attached hydrogen (secondary N) is 1. The molecule has 0 aliphatic rings. The van der Waals surface area contributed by atoms with Crippen molar-refractivity contribution in [1.29, 1.82) is 0 Å². The van der Waals surface area contributed by atoms with Crippen LogP contribution >= 0.6 is 0 Å². The van der Waals surface area contributed by atoms with Crippen molar-refractivity contribution >= 4 is 11.9 Å². The molecule has 25 heavy (non-hydrogen) atoms. The van der Waals surface area contributed by atoms with Crippen molar-refractivity contribution in [3.63, 3.8) is 0 Å². The Morgan fingerprint density at radius 3 is 2.60 bits per heavy atom. The SMILES string of the molecule is COc1ccccc1CCNC(=O)COC(=O)c1cc(C)ccc1C. The number of methoxy groups -OCH3 is 1. The highest BCUT2D eigenvalue weighted by Gasteiger charge is 2.13. The lowest BCUT2D eigenvalue weighted by Gasteiger charge is -2.10. The van der Waals surface area contributed by atoms with Crippen LogP contribution in [-0.2, 0) is 16.0 Å². The lowest BCUT2D eigenvalue weighted by Crippen LogP contribution is -2.30. The van der Waals surface area contributed by atoms with Crippen molar-refractivity contribution in [3.8, 4) is 5.75 Å². The zero-order valence-corrected chi connectivity index (χ0v) is 14.8. The number of carbonyl (C=O) groups excluding carboxylic acids is 2. The fraction of sp³-hybridized carbons (Fsp3) is 0.300. The lowest BCUT2D eigenvalue weighted by molar-refractivity contribution is -0.124. The van der Waals surface area contributed by atoms with E-state index in [1.165, 1.54) is 0 Å². The Kier molecular flexibility index (Phi) is 6.57. The van der Waals surface area contributed by atoms with Crippen molar-refractivity contribution in [1.82, 2.24) is 5.32 Å². The molecule has 0 aromatic heterocycles. The molecule has 0 aliphatic carbocycles. The van der Waals surface area contributed by atoms with Gasteiger partial charge in [0.1, 0.15) is 5.75 Å². The van der Waals surface area contributed by atoms with Gasteiger partial charge in [-0.1, -0.05) is 35.9 Å². The molecule has 2 rings (SSSR count). The highest BCUT2D eigenvalue weighted by molar-refractivity contribution is 5.92. The molecule has 2 aromatic rings. The maximum Gasteiger partial charge on any atom is 0.338 e. The van der Waals surface area contributed by atoms with Crippen molar-refractivity contribution in [2.75, 3.05) is 20.3 Å². The Hall–Kier alpha value is -2.82. The van der Waals surface area contributed by atoms with E-state index in [0.717, 1.165) is 22.4 Å². The van der Waals surface area contributed by atoms with E-state index in [0.29, 0.717) is 18.5 Å². The van der Waals surface area contributed by atoms with Crippen LogP contribution in [0.25, 0.3) is 0 Å². The number of ether oxygens (including phenoxy) is 2. The number of benzene rings is 2. The molecule has 5 heteroatoms. The summed E-state index contributed by atoms with van der Waals surface area (Å²) in [4.78, 5) is 23.9. The summed E-state index contributed by atoms with van der Waals surface area (Å²) in [6.07, 6.45) is 0.640. The van der Waals surface area contributed by atoms with Gasteiger partial charge < -0.3 is 14.8 Å². The van der Waals surface area contributed by atoms with Gasteiger partial charge in [-0.05, 0) is 43.5 Å². The van der Waals surface area contributed by atoms with Crippen molar-refractivity contribution < 1.29 is 19.1 Å². The minimum Gasteiger partial charge on any atom is -0.496 e. The zero-order valence-electron chi connectivity index (χ0n) is 14.8. The Morgan fingerprint density at radius 1 is 1.08 bits per heavy atom. The van der Waals surface area contributed by atoms with Gasteiger partial charge in [0, 0.05) is 6.54 Å². The molecule has 1 N–H and O–H groups in total. The molecule has 0 aliphatic heterocycles. The number of carbonyl (C=O) groups is 2.